The summed E-state index contributed by atoms with van der Waals surface area (Å²) in [5.41, 5.74) is 3.30. The highest BCUT2D eigenvalue weighted by Crippen LogP contribution is 2.44. The third kappa shape index (κ3) is 4.75. The van der Waals surface area contributed by atoms with Gasteiger partial charge in [-0.05, 0) is 59.4 Å². The smallest absolute Gasteiger partial charge is 0.335 e. The monoisotopic (exact) mass is 389 g/mol. The van der Waals surface area contributed by atoms with Crippen LogP contribution in [0.5, 0.6) is 0 Å². The zero-order valence-corrected chi connectivity index (χ0v) is 16.8. The normalized spacial score (nSPS) is 22.7. The maximum Gasteiger partial charge on any atom is 0.335 e. The van der Waals surface area contributed by atoms with Gasteiger partial charge in [-0.25, -0.2) is 4.79 Å². The predicted molar refractivity (Wildman–Crippen MR) is 113 cm³/mol. The van der Waals surface area contributed by atoms with Gasteiger partial charge in [0.05, 0.1) is 23.7 Å². The van der Waals surface area contributed by atoms with E-state index < -0.39 is 12.1 Å². The quantitative estimate of drug-likeness (QED) is 0.691. The number of aromatic carboxylic acids is 1. The van der Waals surface area contributed by atoms with Crippen LogP contribution in [-0.4, -0.2) is 16.2 Å². The van der Waals surface area contributed by atoms with E-state index in [-0.39, 0.29) is 29.2 Å². The van der Waals surface area contributed by atoms with Crippen molar-refractivity contribution in [3.63, 3.8) is 0 Å². The first-order valence-electron chi connectivity index (χ1n) is 10.1. The highest BCUT2D eigenvalue weighted by molar-refractivity contribution is 5.87. The van der Waals surface area contributed by atoms with E-state index in [0.29, 0.717) is 0 Å². The molecule has 2 aromatic rings. The number of hydrogen-bond acceptors (Lipinski definition) is 3. The highest BCUT2D eigenvalue weighted by atomic mass is 16.4. The molecular formula is C25H27NO3. The van der Waals surface area contributed by atoms with Gasteiger partial charge in [-0.3, -0.25) is 0 Å². The molecule has 4 heteroatoms. The number of nitrogens with zero attached hydrogens (tertiary/aromatic N) is 1. The van der Waals surface area contributed by atoms with Crippen LogP contribution < -0.4 is 0 Å². The van der Waals surface area contributed by atoms with E-state index in [4.69, 9.17) is 5.11 Å². The van der Waals surface area contributed by atoms with Gasteiger partial charge in [0.15, 0.2) is 0 Å². The van der Waals surface area contributed by atoms with Crippen molar-refractivity contribution in [2.24, 2.45) is 17.8 Å². The lowest BCUT2D eigenvalue weighted by Crippen LogP contribution is -2.11. The Hall–Kier alpha value is -2.90. The van der Waals surface area contributed by atoms with E-state index in [0.717, 1.165) is 24.0 Å². The zero-order chi connectivity index (χ0) is 21.0. The Bertz CT molecular complexity index is 907. The molecule has 1 aliphatic rings. The van der Waals surface area contributed by atoms with E-state index in [9.17, 15) is 15.2 Å². The largest absolute Gasteiger partial charge is 0.478 e. The van der Waals surface area contributed by atoms with Gasteiger partial charge < -0.3 is 10.2 Å². The van der Waals surface area contributed by atoms with E-state index in [2.05, 4.69) is 24.3 Å². The minimum atomic E-state index is -0.938. The fourth-order valence-corrected chi connectivity index (χ4v) is 4.12. The summed E-state index contributed by atoms with van der Waals surface area (Å²) in [6, 6.07) is 17.3. The minimum absolute atomic E-state index is 0.0320. The van der Waals surface area contributed by atoms with Crippen LogP contribution >= 0.6 is 0 Å². The molecule has 0 aromatic heterocycles. The van der Waals surface area contributed by atoms with Crippen LogP contribution in [-0.2, 0) is 0 Å². The van der Waals surface area contributed by atoms with Gasteiger partial charge in [-0.1, -0.05) is 62.4 Å². The predicted octanol–water partition coefficient (Wildman–Crippen LogP) is 5.42. The number of aliphatic hydroxyl groups is 1. The van der Waals surface area contributed by atoms with Crippen molar-refractivity contribution in [2.45, 2.75) is 38.7 Å². The zero-order valence-electron chi connectivity index (χ0n) is 16.8. The summed E-state index contributed by atoms with van der Waals surface area (Å²) in [5.74, 6) is -0.430. The van der Waals surface area contributed by atoms with Crippen LogP contribution in [0.15, 0.2) is 54.6 Å². The number of rotatable bonds is 6. The fourth-order valence-electron chi connectivity index (χ4n) is 4.12. The average Bonchev–Trinajstić information content (AvgIpc) is 3.15. The van der Waals surface area contributed by atoms with E-state index in [1.165, 1.54) is 5.56 Å². The van der Waals surface area contributed by atoms with Crippen molar-refractivity contribution >= 4 is 12.0 Å². The van der Waals surface area contributed by atoms with E-state index in [1.54, 1.807) is 24.3 Å². The molecule has 150 valence electrons. The van der Waals surface area contributed by atoms with Crippen LogP contribution in [0.4, 0.5) is 0 Å². The maximum absolute atomic E-state index is 11.0. The second-order valence-corrected chi connectivity index (χ2v) is 8.14. The van der Waals surface area contributed by atoms with Crippen LogP contribution in [0, 0.1) is 29.1 Å². The highest BCUT2D eigenvalue weighted by Gasteiger charge is 2.35. The minimum Gasteiger partial charge on any atom is -0.478 e. The van der Waals surface area contributed by atoms with Crippen LogP contribution in [0.25, 0.3) is 6.08 Å². The topological polar surface area (TPSA) is 81.3 Å². The summed E-state index contributed by atoms with van der Waals surface area (Å²) in [6.07, 6.45) is 5.43. The van der Waals surface area contributed by atoms with Crippen molar-refractivity contribution in [1.82, 2.24) is 0 Å². The molecular weight excluding hydrogens is 362 g/mol. The second-order valence-electron chi connectivity index (χ2n) is 8.14. The van der Waals surface area contributed by atoms with Gasteiger partial charge in [0.1, 0.15) is 0 Å². The van der Waals surface area contributed by atoms with Crippen molar-refractivity contribution in [3.8, 4) is 6.07 Å². The lowest BCUT2D eigenvalue weighted by molar-refractivity contribution is 0.0697. The molecule has 1 fully saturated rings. The molecule has 1 aliphatic carbocycles. The maximum atomic E-state index is 11.0. The number of nitriles is 1. The van der Waals surface area contributed by atoms with Gasteiger partial charge in [0.2, 0.25) is 0 Å². The van der Waals surface area contributed by atoms with E-state index >= 15 is 0 Å². The fraction of sp³-hybridized carbons (Fsp3) is 0.360. The van der Waals surface area contributed by atoms with Crippen LogP contribution in [0.1, 0.15) is 65.8 Å². The molecule has 29 heavy (non-hydrogen) atoms. The summed E-state index contributed by atoms with van der Waals surface area (Å²) in [7, 11) is 0. The third-order valence-electron chi connectivity index (χ3n) is 5.89. The van der Waals surface area contributed by atoms with Gasteiger partial charge in [-0.2, -0.15) is 5.26 Å². The molecule has 0 radical (unpaired) electrons. The number of benzene rings is 2. The van der Waals surface area contributed by atoms with Gasteiger partial charge in [0.25, 0.3) is 0 Å². The molecule has 0 spiro atoms. The number of aliphatic hydroxyl groups excluding tert-OH is 1. The van der Waals surface area contributed by atoms with Crippen molar-refractivity contribution in [1.29, 1.82) is 5.26 Å². The molecule has 3 rings (SSSR count). The number of carbonyl (C=O) groups is 1. The first kappa shape index (κ1) is 20.8. The second kappa shape index (κ2) is 9.07. The molecule has 4 unspecified atom stereocenters. The number of carboxylic acids is 1. The molecule has 2 N–H and O–H groups in total. The van der Waals surface area contributed by atoms with Crippen molar-refractivity contribution in [3.05, 3.63) is 76.9 Å². The van der Waals surface area contributed by atoms with Gasteiger partial charge >= 0.3 is 5.97 Å². The van der Waals surface area contributed by atoms with Crippen LogP contribution in [0.3, 0.4) is 0 Å². The summed E-state index contributed by atoms with van der Waals surface area (Å²) in [6.45, 7) is 3.99. The van der Waals surface area contributed by atoms with Crippen molar-refractivity contribution < 1.29 is 15.0 Å². The van der Waals surface area contributed by atoms with Gasteiger partial charge in [0, 0.05) is 0 Å². The molecule has 4 atom stereocenters. The number of allylic oxidation sites excluding steroid dienone is 1. The molecule has 0 heterocycles. The Morgan fingerprint density at radius 3 is 2.31 bits per heavy atom. The molecule has 4 nitrogen and oxygen atoms in total. The molecule has 2 aromatic carbocycles. The lowest BCUT2D eigenvalue weighted by atomic mass is 9.84. The lowest BCUT2D eigenvalue weighted by Gasteiger charge is -2.20. The Balaban J connectivity index is 1.80. The first-order valence-corrected chi connectivity index (χ1v) is 10.1. The standard InChI is InChI=1S/C25H27NO3/c1-16(2)24(27)19-10-8-18(9-11-19)22-14-12-21(15-26)23(22)13-5-17-3-6-20(7-4-17)25(28)29/h3-11,13,16,21-24,27H,12,14H2,1-2H3,(H,28,29)/b13-5+. The number of carboxylic acid groups (broad SMARTS) is 1. The molecule has 0 aliphatic heterocycles. The first-order chi connectivity index (χ1) is 13.9. The summed E-state index contributed by atoms with van der Waals surface area (Å²) >= 11 is 0. The molecule has 0 saturated heterocycles. The molecule has 0 amide bonds. The van der Waals surface area contributed by atoms with Crippen LogP contribution in [0.2, 0.25) is 0 Å². The van der Waals surface area contributed by atoms with E-state index in [1.807, 2.05) is 32.1 Å². The summed E-state index contributed by atoms with van der Waals surface area (Å²) in [4.78, 5) is 11.0. The Morgan fingerprint density at radius 2 is 1.76 bits per heavy atom. The SMILES string of the molecule is CC(C)C(O)c1ccc(C2CCC(C#N)C2/C=C/c2ccc(C(=O)O)cc2)cc1. The summed E-state index contributed by atoms with van der Waals surface area (Å²) in [5, 5.41) is 28.9. The number of hydrogen-bond donors (Lipinski definition) is 2. The molecule has 1 saturated carbocycles. The average molecular weight is 389 g/mol. The Labute approximate surface area is 172 Å². The summed E-state index contributed by atoms with van der Waals surface area (Å²) < 4.78 is 0. The van der Waals surface area contributed by atoms with Crippen molar-refractivity contribution in [2.75, 3.05) is 0 Å². The Morgan fingerprint density at radius 1 is 1.10 bits per heavy atom. The van der Waals surface area contributed by atoms with Gasteiger partial charge in [-0.15, -0.1) is 0 Å². The third-order valence-corrected chi connectivity index (χ3v) is 5.89. The molecule has 0 bridgehead atoms. The Kier molecular flexibility index (Phi) is 6.51.